The van der Waals surface area contributed by atoms with Gasteiger partial charge in [-0.3, -0.25) is 4.79 Å². The first-order valence-corrected chi connectivity index (χ1v) is 8.17. The summed E-state index contributed by atoms with van der Waals surface area (Å²) in [4.78, 5) is 12.3. The molecule has 2 saturated carbocycles. The van der Waals surface area contributed by atoms with Gasteiger partial charge < -0.3 is 9.84 Å². The van der Waals surface area contributed by atoms with E-state index >= 15 is 0 Å². The number of rotatable bonds is 1. The van der Waals surface area contributed by atoms with Crippen molar-refractivity contribution in [1.29, 1.82) is 0 Å². The molecule has 4 rings (SSSR count). The van der Waals surface area contributed by atoms with Crippen LogP contribution in [0, 0.1) is 17.3 Å². The van der Waals surface area contributed by atoms with E-state index in [1.807, 2.05) is 6.07 Å². The maximum absolute atomic E-state index is 12.3. The molecule has 0 aromatic heterocycles. The predicted molar refractivity (Wildman–Crippen MR) is 85.0 cm³/mol. The van der Waals surface area contributed by atoms with E-state index in [1.54, 1.807) is 13.2 Å². The highest BCUT2D eigenvalue weighted by Gasteiger charge is 2.53. The summed E-state index contributed by atoms with van der Waals surface area (Å²) >= 11 is 0. The van der Waals surface area contributed by atoms with Crippen molar-refractivity contribution in [1.82, 2.24) is 0 Å². The van der Waals surface area contributed by atoms with E-state index < -0.39 is 0 Å². The first-order chi connectivity index (χ1) is 10.5. The van der Waals surface area contributed by atoms with Crippen LogP contribution in [-0.2, 0) is 4.79 Å². The summed E-state index contributed by atoms with van der Waals surface area (Å²) in [5, 5.41) is 9.98. The summed E-state index contributed by atoms with van der Waals surface area (Å²) in [5.74, 6) is 2.54. The number of ketones is 1. The maximum atomic E-state index is 12.3. The second-order valence-corrected chi connectivity index (χ2v) is 7.22. The number of hydrogen-bond donors (Lipinski definition) is 1. The highest BCUT2D eigenvalue weighted by molar-refractivity contribution is 5.87. The molecule has 0 unspecified atom stereocenters. The molecule has 22 heavy (non-hydrogen) atoms. The van der Waals surface area contributed by atoms with Gasteiger partial charge in [-0.25, -0.2) is 0 Å². The zero-order valence-electron chi connectivity index (χ0n) is 13.1. The molecule has 3 aliphatic carbocycles. The summed E-state index contributed by atoms with van der Waals surface area (Å²) in [6.45, 7) is 2.17. The molecule has 3 aliphatic rings. The molecular weight excluding hydrogens is 276 g/mol. The molecule has 0 radical (unpaired) electrons. The summed E-state index contributed by atoms with van der Waals surface area (Å²) < 4.78 is 5.29. The third-order valence-corrected chi connectivity index (χ3v) is 6.32. The van der Waals surface area contributed by atoms with Crippen LogP contribution in [-0.4, -0.2) is 18.0 Å². The lowest BCUT2D eigenvalue weighted by Gasteiger charge is -2.46. The minimum atomic E-state index is -0.121. The molecule has 3 nitrogen and oxygen atoms in total. The highest BCUT2D eigenvalue weighted by atomic mass is 16.5. The van der Waals surface area contributed by atoms with Gasteiger partial charge in [0.25, 0.3) is 0 Å². The van der Waals surface area contributed by atoms with Gasteiger partial charge >= 0.3 is 0 Å². The number of Topliss-reactive ketones (excluding diaryl/α,β-unsaturated/α-hetero) is 1. The number of fused-ring (bicyclic) bond motifs is 5. The van der Waals surface area contributed by atoms with Crippen molar-refractivity contribution in [3.05, 3.63) is 29.3 Å². The number of allylic oxidation sites excluding steroid dienone is 1. The second-order valence-electron chi connectivity index (χ2n) is 7.22. The Hall–Kier alpha value is -1.77. The molecule has 0 bridgehead atoms. The zero-order chi connectivity index (χ0) is 15.5. The molecule has 1 N–H and O–H groups in total. The normalized spacial score (nSPS) is 35.7. The van der Waals surface area contributed by atoms with Crippen LogP contribution in [0.2, 0.25) is 0 Å². The molecule has 0 heterocycles. The number of phenols is 1. The Morgan fingerprint density at radius 3 is 2.91 bits per heavy atom. The molecule has 116 valence electrons. The highest BCUT2D eigenvalue weighted by Crippen LogP contribution is 2.59. The molecule has 3 heteroatoms. The molecule has 4 atom stereocenters. The summed E-state index contributed by atoms with van der Waals surface area (Å²) in [6, 6.07) is 3.79. The lowest BCUT2D eigenvalue weighted by atomic mass is 9.57. The Morgan fingerprint density at radius 1 is 1.32 bits per heavy atom. The third kappa shape index (κ3) is 1.71. The minimum Gasteiger partial charge on any atom is -0.504 e. The molecule has 0 saturated heterocycles. The van der Waals surface area contributed by atoms with Gasteiger partial charge in [0.05, 0.1) is 7.11 Å². The lowest BCUT2D eigenvalue weighted by Crippen LogP contribution is -2.40. The van der Waals surface area contributed by atoms with Crippen LogP contribution in [0.4, 0.5) is 0 Å². The standard InChI is InChI=1S/C19H22O3/c1-19-8-7-12-13(15(19)5-6-18(19)21)4-3-11-9-16(20)17(22-2)10-14(11)12/h3-4,9-10,12-13,15,20H,5-8H2,1-2H3/t12-,13+,15-,19-/m0/s1. The topological polar surface area (TPSA) is 46.5 Å². The van der Waals surface area contributed by atoms with Crippen LogP contribution in [0.25, 0.3) is 6.08 Å². The van der Waals surface area contributed by atoms with E-state index in [0.717, 1.165) is 31.2 Å². The molecular formula is C19H22O3. The van der Waals surface area contributed by atoms with Crippen LogP contribution < -0.4 is 4.74 Å². The number of phenolic OH excluding ortho intramolecular Hbond substituents is 1. The van der Waals surface area contributed by atoms with Crippen LogP contribution >= 0.6 is 0 Å². The maximum Gasteiger partial charge on any atom is 0.160 e. The fourth-order valence-corrected chi connectivity index (χ4v) is 5.04. The van der Waals surface area contributed by atoms with Gasteiger partial charge in [0.2, 0.25) is 0 Å². The van der Waals surface area contributed by atoms with E-state index in [0.29, 0.717) is 29.3 Å². The number of carbonyl (C=O) groups excluding carboxylic acids is 1. The van der Waals surface area contributed by atoms with Crippen LogP contribution in [0.15, 0.2) is 18.2 Å². The number of ether oxygens (including phenoxy) is 1. The van der Waals surface area contributed by atoms with Gasteiger partial charge in [-0.15, -0.1) is 0 Å². The first-order valence-electron chi connectivity index (χ1n) is 8.17. The summed E-state index contributed by atoms with van der Waals surface area (Å²) in [5.41, 5.74) is 2.24. The fourth-order valence-electron chi connectivity index (χ4n) is 5.04. The molecule has 2 fully saturated rings. The Bertz CT molecular complexity index is 676. The van der Waals surface area contributed by atoms with E-state index in [1.165, 1.54) is 5.56 Å². The number of benzene rings is 1. The third-order valence-electron chi connectivity index (χ3n) is 6.32. The van der Waals surface area contributed by atoms with Crippen molar-refractivity contribution in [2.24, 2.45) is 17.3 Å². The van der Waals surface area contributed by atoms with Gasteiger partial charge in [0.1, 0.15) is 5.78 Å². The monoisotopic (exact) mass is 298 g/mol. The molecule has 0 aliphatic heterocycles. The van der Waals surface area contributed by atoms with E-state index in [4.69, 9.17) is 4.74 Å². The molecule has 1 aromatic rings. The van der Waals surface area contributed by atoms with Crippen molar-refractivity contribution in [3.8, 4) is 11.5 Å². The second kappa shape index (κ2) is 4.61. The minimum absolute atomic E-state index is 0.121. The van der Waals surface area contributed by atoms with E-state index in [2.05, 4.69) is 19.1 Å². The average molecular weight is 298 g/mol. The summed E-state index contributed by atoms with van der Waals surface area (Å²) in [7, 11) is 1.59. The van der Waals surface area contributed by atoms with Crippen molar-refractivity contribution in [2.75, 3.05) is 7.11 Å². The molecule has 0 spiro atoms. The SMILES string of the molecule is COc1cc2c(cc1O)C=C[C@@H]1[C@@H]2CC[C@]2(C)C(=O)CC[C@@H]12. The molecule has 1 aromatic carbocycles. The number of aromatic hydroxyl groups is 1. The van der Waals surface area contributed by atoms with Crippen LogP contribution in [0.5, 0.6) is 11.5 Å². The van der Waals surface area contributed by atoms with Gasteiger partial charge in [0, 0.05) is 11.8 Å². The Morgan fingerprint density at radius 2 is 2.14 bits per heavy atom. The fraction of sp³-hybridized carbons (Fsp3) is 0.526. The molecule has 0 amide bonds. The van der Waals surface area contributed by atoms with Crippen LogP contribution in [0.1, 0.15) is 49.7 Å². The zero-order valence-corrected chi connectivity index (χ0v) is 13.1. The van der Waals surface area contributed by atoms with Crippen molar-refractivity contribution < 1.29 is 14.6 Å². The predicted octanol–water partition coefficient (Wildman–Crippen LogP) is 3.91. The number of hydrogen-bond acceptors (Lipinski definition) is 3. The quantitative estimate of drug-likeness (QED) is 0.855. The van der Waals surface area contributed by atoms with Gasteiger partial charge in [-0.1, -0.05) is 19.1 Å². The Labute approximate surface area is 131 Å². The Kier molecular flexibility index (Phi) is 2.91. The number of carbonyl (C=O) groups is 1. The van der Waals surface area contributed by atoms with Gasteiger partial charge in [-0.2, -0.15) is 0 Å². The Balaban J connectivity index is 1.77. The summed E-state index contributed by atoms with van der Waals surface area (Å²) in [6.07, 6.45) is 8.17. The van der Waals surface area contributed by atoms with Crippen molar-refractivity contribution >= 4 is 11.9 Å². The smallest absolute Gasteiger partial charge is 0.160 e. The number of methoxy groups -OCH3 is 1. The average Bonchev–Trinajstić information content (AvgIpc) is 2.82. The van der Waals surface area contributed by atoms with E-state index in [-0.39, 0.29) is 11.2 Å². The largest absolute Gasteiger partial charge is 0.504 e. The van der Waals surface area contributed by atoms with Gasteiger partial charge in [-0.05, 0) is 60.3 Å². The van der Waals surface area contributed by atoms with Crippen molar-refractivity contribution in [3.63, 3.8) is 0 Å². The van der Waals surface area contributed by atoms with Crippen molar-refractivity contribution in [2.45, 2.75) is 38.5 Å². The van der Waals surface area contributed by atoms with Crippen LogP contribution in [0.3, 0.4) is 0 Å². The van der Waals surface area contributed by atoms with Gasteiger partial charge in [0.15, 0.2) is 11.5 Å². The van der Waals surface area contributed by atoms with E-state index in [9.17, 15) is 9.90 Å². The lowest BCUT2D eigenvalue weighted by molar-refractivity contribution is -0.128. The first kappa shape index (κ1) is 13.9.